The lowest BCUT2D eigenvalue weighted by Crippen LogP contribution is -2.42. The number of guanidine groups is 1. The van der Waals surface area contributed by atoms with Crippen molar-refractivity contribution in [1.82, 2.24) is 15.6 Å². The standard InChI is InChI=1S/C16H30N4S/c1-5-7-8-9-13(3)19-16(17-4)18-11-10-14-12-21-15(6-2)20-14/h12-13H,5-11H2,1-4H3,(H2,17,18,19). The topological polar surface area (TPSA) is 49.3 Å². The molecule has 1 atom stereocenters. The number of thiazole rings is 1. The fourth-order valence-electron chi connectivity index (χ4n) is 2.14. The Morgan fingerprint density at radius 2 is 2.19 bits per heavy atom. The predicted octanol–water partition coefficient (Wildman–Crippen LogP) is 3.38. The lowest BCUT2D eigenvalue weighted by molar-refractivity contribution is 0.547. The van der Waals surface area contributed by atoms with Gasteiger partial charge in [0.1, 0.15) is 0 Å². The maximum absolute atomic E-state index is 4.58. The zero-order chi connectivity index (χ0) is 15.5. The summed E-state index contributed by atoms with van der Waals surface area (Å²) in [7, 11) is 1.83. The number of hydrogen-bond donors (Lipinski definition) is 2. The van der Waals surface area contributed by atoms with E-state index in [9.17, 15) is 0 Å². The first kappa shape index (κ1) is 18.0. The number of aliphatic imine (C=N–C) groups is 1. The van der Waals surface area contributed by atoms with E-state index in [0.29, 0.717) is 6.04 Å². The summed E-state index contributed by atoms with van der Waals surface area (Å²) in [4.78, 5) is 8.87. The third-order valence-electron chi connectivity index (χ3n) is 3.42. The molecule has 0 aliphatic rings. The third-order valence-corrected chi connectivity index (χ3v) is 4.46. The van der Waals surface area contributed by atoms with Crippen LogP contribution in [-0.2, 0) is 12.8 Å². The van der Waals surface area contributed by atoms with Gasteiger partial charge in [0.25, 0.3) is 0 Å². The minimum atomic E-state index is 0.466. The molecule has 5 heteroatoms. The van der Waals surface area contributed by atoms with Crippen molar-refractivity contribution in [1.29, 1.82) is 0 Å². The van der Waals surface area contributed by atoms with Crippen molar-refractivity contribution in [3.63, 3.8) is 0 Å². The second kappa shape index (κ2) is 10.6. The van der Waals surface area contributed by atoms with Gasteiger partial charge in [0.15, 0.2) is 5.96 Å². The van der Waals surface area contributed by atoms with E-state index in [1.807, 2.05) is 7.05 Å². The number of rotatable bonds is 9. The number of nitrogens with zero attached hydrogens (tertiary/aromatic N) is 2. The molecular weight excluding hydrogens is 280 g/mol. The molecule has 1 aromatic rings. The van der Waals surface area contributed by atoms with Crippen LogP contribution in [0.5, 0.6) is 0 Å². The number of hydrogen-bond acceptors (Lipinski definition) is 3. The van der Waals surface area contributed by atoms with E-state index in [2.05, 4.69) is 46.8 Å². The van der Waals surface area contributed by atoms with Gasteiger partial charge < -0.3 is 10.6 Å². The summed E-state index contributed by atoms with van der Waals surface area (Å²) in [5.41, 5.74) is 1.18. The molecule has 120 valence electrons. The summed E-state index contributed by atoms with van der Waals surface area (Å²) in [5, 5.41) is 10.2. The molecule has 0 bridgehead atoms. The van der Waals surface area contributed by atoms with Crippen LogP contribution in [0.4, 0.5) is 0 Å². The summed E-state index contributed by atoms with van der Waals surface area (Å²) in [6.07, 6.45) is 7.02. The van der Waals surface area contributed by atoms with Gasteiger partial charge in [-0.2, -0.15) is 0 Å². The average molecular weight is 311 g/mol. The van der Waals surface area contributed by atoms with E-state index in [1.165, 1.54) is 36.4 Å². The molecule has 0 aromatic carbocycles. The van der Waals surface area contributed by atoms with Gasteiger partial charge in [0.2, 0.25) is 0 Å². The van der Waals surface area contributed by atoms with Gasteiger partial charge in [0.05, 0.1) is 10.7 Å². The van der Waals surface area contributed by atoms with E-state index in [-0.39, 0.29) is 0 Å². The van der Waals surface area contributed by atoms with Crippen LogP contribution in [0.15, 0.2) is 10.4 Å². The fraction of sp³-hybridized carbons (Fsp3) is 0.750. The molecule has 0 aliphatic heterocycles. The fourth-order valence-corrected chi connectivity index (χ4v) is 2.92. The second-order valence-corrected chi connectivity index (χ2v) is 6.32. The minimum absolute atomic E-state index is 0.466. The highest BCUT2D eigenvalue weighted by Gasteiger charge is 2.05. The van der Waals surface area contributed by atoms with Gasteiger partial charge in [-0.1, -0.05) is 33.1 Å². The van der Waals surface area contributed by atoms with Gasteiger partial charge in [-0.25, -0.2) is 4.98 Å². The molecule has 1 unspecified atom stereocenters. The van der Waals surface area contributed by atoms with Gasteiger partial charge in [-0.05, 0) is 19.8 Å². The molecule has 1 rings (SSSR count). The quantitative estimate of drug-likeness (QED) is 0.417. The number of aromatic nitrogens is 1. The smallest absolute Gasteiger partial charge is 0.191 e. The summed E-state index contributed by atoms with van der Waals surface area (Å²) < 4.78 is 0. The average Bonchev–Trinajstić information content (AvgIpc) is 2.94. The molecule has 0 radical (unpaired) electrons. The number of aryl methyl sites for hydroxylation is 1. The second-order valence-electron chi connectivity index (χ2n) is 5.38. The summed E-state index contributed by atoms with van der Waals surface area (Å²) >= 11 is 1.75. The Kier molecular flexibility index (Phi) is 9.06. The lowest BCUT2D eigenvalue weighted by atomic mass is 10.1. The number of unbranched alkanes of at least 4 members (excludes halogenated alkanes) is 2. The third kappa shape index (κ3) is 7.46. The Morgan fingerprint density at radius 1 is 1.38 bits per heavy atom. The molecule has 21 heavy (non-hydrogen) atoms. The van der Waals surface area contributed by atoms with Crippen LogP contribution in [0.3, 0.4) is 0 Å². The van der Waals surface area contributed by atoms with Crippen molar-refractivity contribution < 1.29 is 0 Å². The molecule has 1 aromatic heterocycles. The zero-order valence-corrected chi connectivity index (χ0v) is 14.7. The van der Waals surface area contributed by atoms with Crippen molar-refractivity contribution in [2.24, 2.45) is 4.99 Å². The Balaban J connectivity index is 2.24. The van der Waals surface area contributed by atoms with Gasteiger partial charge in [-0.3, -0.25) is 4.99 Å². The zero-order valence-electron chi connectivity index (χ0n) is 13.9. The van der Waals surface area contributed by atoms with Crippen molar-refractivity contribution >= 4 is 17.3 Å². The first-order valence-electron chi connectivity index (χ1n) is 8.10. The highest BCUT2D eigenvalue weighted by Crippen LogP contribution is 2.10. The first-order chi connectivity index (χ1) is 10.2. The molecule has 0 aliphatic carbocycles. The van der Waals surface area contributed by atoms with Gasteiger partial charge >= 0.3 is 0 Å². The van der Waals surface area contributed by atoms with Crippen LogP contribution in [-0.4, -0.2) is 30.6 Å². The molecule has 0 fully saturated rings. The van der Waals surface area contributed by atoms with Gasteiger partial charge in [0, 0.05) is 31.4 Å². The SMILES string of the molecule is CCCCCC(C)NC(=NC)NCCc1csc(CC)n1. The molecule has 1 heterocycles. The maximum Gasteiger partial charge on any atom is 0.191 e. The first-order valence-corrected chi connectivity index (χ1v) is 8.98. The van der Waals surface area contributed by atoms with Crippen LogP contribution < -0.4 is 10.6 Å². The van der Waals surface area contributed by atoms with Crippen LogP contribution >= 0.6 is 11.3 Å². The summed E-state index contributed by atoms with van der Waals surface area (Å²) in [6.45, 7) is 7.47. The summed E-state index contributed by atoms with van der Waals surface area (Å²) in [5.74, 6) is 0.893. The van der Waals surface area contributed by atoms with Crippen molar-refractivity contribution in [3.05, 3.63) is 16.1 Å². The predicted molar refractivity (Wildman–Crippen MR) is 93.3 cm³/mol. The normalized spacial score (nSPS) is 13.2. The number of nitrogens with one attached hydrogen (secondary N) is 2. The van der Waals surface area contributed by atoms with Gasteiger partial charge in [-0.15, -0.1) is 11.3 Å². The van der Waals surface area contributed by atoms with E-state index in [4.69, 9.17) is 0 Å². The van der Waals surface area contributed by atoms with Crippen LogP contribution in [0.1, 0.15) is 57.2 Å². The Bertz CT molecular complexity index is 414. The molecule has 4 nitrogen and oxygen atoms in total. The lowest BCUT2D eigenvalue weighted by Gasteiger charge is -2.17. The monoisotopic (exact) mass is 310 g/mol. The van der Waals surface area contributed by atoms with Crippen molar-refractivity contribution in [2.75, 3.05) is 13.6 Å². The molecule has 0 saturated heterocycles. The van der Waals surface area contributed by atoms with Crippen LogP contribution in [0, 0.1) is 0 Å². The molecule has 2 N–H and O–H groups in total. The molecular formula is C16H30N4S. The Hall–Kier alpha value is -1.10. The maximum atomic E-state index is 4.58. The van der Waals surface area contributed by atoms with E-state index >= 15 is 0 Å². The molecule has 0 saturated carbocycles. The Labute approximate surface area is 133 Å². The van der Waals surface area contributed by atoms with Crippen molar-refractivity contribution in [3.8, 4) is 0 Å². The van der Waals surface area contributed by atoms with E-state index in [1.54, 1.807) is 11.3 Å². The van der Waals surface area contributed by atoms with E-state index in [0.717, 1.165) is 25.3 Å². The van der Waals surface area contributed by atoms with Crippen LogP contribution in [0.25, 0.3) is 0 Å². The highest BCUT2D eigenvalue weighted by molar-refractivity contribution is 7.09. The van der Waals surface area contributed by atoms with Crippen molar-refractivity contribution in [2.45, 2.75) is 65.3 Å². The highest BCUT2D eigenvalue weighted by atomic mass is 32.1. The minimum Gasteiger partial charge on any atom is -0.356 e. The summed E-state index contributed by atoms with van der Waals surface area (Å²) in [6, 6.07) is 0.466. The molecule has 0 spiro atoms. The largest absolute Gasteiger partial charge is 0.356 e. The van der Waals surface area contributed by atoms with Crippen LogP contribution in [0.2, 0.25) is 0 Å². The molecule has 0 amide bonds. The van der Waals surface area contributed by atoms with E-state index < -0.39 is 0 Å². The Morgan fingerprint density at radius 3 is 2.81 bits per heavy atom.